The Kier molecular flexibility index (Phi) is 8.74. The Hall–Kier alpha value is -2.29. The quantitative estimate of drug-likeness (QED) is 0.569. The molecule has 0 fully saturated rings. The van der Waals surface area contributed by atoms with E-state index < -0.39 is 21.4 Å². The van der Waals surface area contributed by atoms with Crippen molar-refractivity contribution in [2.24, 2.45) is 5.92 Å². The molecule has 0 aromatic heterocycles. The second kappa shape index (κ2) is 10.3. The maximum absolute atomic E-state index is 12.4. The molecule has 1 aromatic carbocycles. The summed E-state index contributed by atoms with van der Waals surface area (Å²) >= 11 is 0. The summed E-state index contributed by atoms with van der Waals surface area (Å²) in [5.74, 6) is -0.0284. The number of esters is 1. The third-order valence-electron chi connectivity index (χ3n) is 4.31. The van der Waals surface area contributed by atoms with Crippen LogP contribution >= 0.6 is 0 Å². The summed E-state index contributed by atoms with van der Waals surface area (Å²) in [5.41, 5.74) is -0.295. The molecule has 0 bridgehead atoms. The number of anilines is 1. The Morgan fingerprint density at radius 3 is 2.50 bits per heavy atom. The van der Waals surface area contributed by atoms with Gasteiger partial charge in [-0.25, -0.2) is 13.2 Å². The highest BCUT2D eigenvalue weighted by atomic mass is 32.2. The average molecular weight is 415 g/mol. The van der Waals surface area contributed by atoms with Gasteiger partial charge in [0.05, 0.1) is 24.3 Å². The summed E-state index contributed by atoms with van der Waals surface area (Å²) in [6.45, 7) is 7.66. The number of benzene rings is 1. The van der Waals surface area contributed by atoms with E-state index in [-0.39, 0.29) is 37.3 Å². The molecule has 1 rings (SSSR count). The van der Waals surface area contributed by atoms with E-state index in [0.717, 1.165) is 6.26 Å². The number of sulfone groups is 1. The smallest absolute Gasteiger partial charge is 0.319 e. The summed E-state index contributed by atoms with van der Waals surface area (Å²) in [5, 5.41) is 5.55. The van der Waals surface area contributed by atoms with Gasteiger partial charge in [0.2, 0.25) is 0 Å². The molecule has 28 heavy (non-hydrogen) atoms. The summed E-state index contributed by atoms with van der Waals surface area (Å²) in [6.07, 6.45) is 1.20. The fourth-order valence-electron chi connectivity index (χ4n) is 2.30. The molecule has 2 N–H and O–H groups in total. The van der Waals surface area contributed by atoms with E-state index in [4.69, 9.17) is 9.47 Å². The number of amides is 2. The monoisotopic (exact) mass is 414 g/mol. The lowest BCUT2D eigenvalue weighted by atomic mass is 9.85. The van der Waals surface area contributed by atoms with Crippen molar-refractivity contribution < 1.29 is 27.5 Å². The SMILES string of the molecule is CCOC(=O)C[C@@](C)(NC(=O)Nc1cccc(OCCS(C)(=O)=O)c1)C(C)C. The maximum Gasteiger partial charge on any atom is 0.319 e. The number of carbonyl (C=O) groups excluding carboxylic acids is 2. The van der Waals surface area contributed by atoms with Crippen LogP contribution in [-0.2, 0) is 19.4 Å². The molecule has 0 radical (unpaired) electrons. The number of nitrogens with one attached hydrogen (secondary N) is 2. The molecule has 158 valence electrons. The molecule has 1 aromatic rings. The molecular weight excluding hydrogens is 384 g/mol. The first-order chi connectivity index (χ1) is 12.9. The highest BCUT2D eigenvalue weighted by Crippen LogP contribution is 2.22. The molecule has 9 heteroatoms. The van der Waals surface area contributed by atoms with Gasteiger partial charge in [0.15, 0.2) is 9.84 Å². The Morgan fingerprint density at radius 2 is 1.93 bits per heavy atom. The second-order valence-corrected chi connectivity index (χ2v) is 9.40. The van der Waals surface area contributed by atoms with Gasteiger partial charge in [-0.2, -0.15) is 0 Å². The van der Waals surface area contributed by atoms with Gasteiger partial charge in [-0.05, 0) is 31.9 Å². The zero-order chi connectivity index (χ0) is 21.4. The Bertz CT molecular complexity index is 778. The Morgan fingerprint density at radius 1 is 1.25 bits per heavy atom. The number of carbonyl (C=O) groups is 2. The zero-order valence-corrected chi connectivity index (χ0v) is 17.9. The van der Waals surface area contributed by atoms with Crippen molar-refractivity contribution >= 4 is 27.5 Å². The lowest BCUT2D eigenvalue weighted by Gasteiger charge is -2.34. The van der Waals surface area contributed by atoms with Crippen LogP contribution in [0.15, 0.2) is 24.3 Å². The van der Waals surface area contributed by atoms with Crippen LogP contribution in [0.2, 0.25) is 0 Å². The number of rotatable bonds is 10. The molecule has 0 unspecified atom stereocenters. The Balaban J connectivity index is 2.72. The van der Waals surface area contributed by atoms with E-state index in [1.54, 1.807) is 38.1 Å². The third kappa shape index (κ3) is 8.60. The van der Waals surface area contributed by atoms with E-state index >= 15 is 0 Å². The van der Waals surface area contributed by atoms with Gasteiger partial charge >= 0.3 is 12.0 Å². The first kappa shape index (κ1) is 23.7. The standard InChI is InChI=1S/C19H30N2O6S/c1-6-26-17(22)13-19(4,14(2)3)21-18(23)20-15-8-7-9-16(12-15)27-10-11-28(5,24)25/h7-9,12,14H,6,10-11,13H2,1-5H3,(H2,20,21,23)/t19-/m1/s1. The molecule has 0 aliphatic heterocycles. The average Bonchev–Trinajstić information content (AvgIpc) is 2.53. The fraction of sp³-hybridized carbons (Fsp3) is 0.579. The van der Waals surface area contributed by atoms with Crippen LogP contribution in [0.3, 0.4) is 0 Å². The van der Waals surface area contributed by atoms with E-state index in [2.05, 4.69) is 10.6 Å². The lowest BCUT2D eigenvalue weighted by molar-refractivity contribution is -0.145. The summed E-state index contributed by atoms with van der Waals surface area (Å²) in [7, 11) is -3.11. The molecule has 8 nitrogen and oxygen atoms in total. The van der Waals surface area contributed by atoms with E-state index in [9.17, 15) is 18.0 Å². The van der Waals surface area contributed by atoms with Crippen LogP contribution in [0.5, 0.6) is 5.75 Å². The van der Waals surface area contributed by atoms with Crippen molar-refractivity contribution in [3.8, 4) is 5.75 Å². The summed E-state index contributed by atoms with van der Waals surface area (Å²) in [4.78, 5) is 24.3. The van der Waals surface area contributed by atoms with Crippen molar-refractivity contribution in [3.05, 3.63) is 24.3 Å². The molecule has 0 aliphatic rings. The summed E-state index contributed by atoms with van der Waals surface area (Å²) < 4.78 is 32.7. The van der Waals surface area contributed by atoms with Gasteiger partial charge in [0, 0.05) is 18.0 Å². The van der Waals surface area contributed by atoms with Gasteiger partial charge in [-0.15, -0.1) is 0 Å². The minimum atomic E-state index is -3.11. The largest absolute Gasteiger partial charge is 0.492 e. The van der Waals surface area contributed by atoms with Crippen LogP contribution in [0.1, 0.15) is 34.1 Å². The first-order valence-electron chi connectivity index (χ1n) is 9.10. The molecule has 2 amide bonds. The number of ether oxygens (including phenoxy) is 2. The molecular formula is C19H30N2O6S. The second-order valence-electron chi connectivity index (χ2n) is 7.14. The molecule has 0 spiro atoms. The van der Waals surface area contributed by atoms with Gasteiger partial charge in [-0.3, -0.25) is 4.79 Å². The van der Waals surface area contributed by atoms with Gasteiger partial charge in [0.25, 0.3) is 0 Å². The van der Waals surface area contributed by atoms with Crippen LogP contribution in [-0.4, -0.2) is 51.2 Å². The van der Waals surface area contributed by atoms with E-state index in [1.807, 2.05) is 13.8 Å². The minimum absolute atomic E-state index is 0.00619. The van der Waals surface area contributed by atoms with Gasteiger partial charge in [0.1, 0.15) is 12.4 Å². The van der Waals surface area contributed by atoms with Crippen LogP contribution < -0.4 is 15.4 Å². The molecule has 0 heterocycles. The van der Waals surface area contributed by atoms with Crippen molar-refractivity contribution in [1.82, 2.24) is 5.32 Å². The van der Waals surface area contributed by atoms with Gasteiger partial charge in [-0.1, -0.05) is 19.9 Å². The lowest BCUT2D eigenvalue weighted by Crippen LogP contribution is -2.52. The minimum Gasteiger partial charge on any atom is -0.492 e. The number of urea groups is 1. The van der Waals surface area contributed by atoms with Crippen LogP contribution in [0.4, 0.5) is 10.5 Å². The third-order valence-corrected chi connectivity index (χ3v) is 5.21. The van der Waals surface area contributed by atoms with Crippen molar-refractivity contribution in [2.75, 3.05) is 30.5 Å². The Labute approximate surface area is 166 Å². The molecule has 1 atom stereocenters. The van der Waals surface area contributed by atoms with Gasteiger partial charge < -0.3 is 20.1 Å². The van der Waals surface area contributed by atoms with Crippen LogP contribution in [0.25, 0.3) is 0 Å². The first-order valence-corrected chi connectivity index (χ1v) is 11.2. The summed E-state index contributed by atoms with van der Waals surface area (Å²) in [6, 6.07) is 6.17. The predicted octanol–water partition coefficient (Wildman–Crippen LogP) is 2.60. The van der Waals surface area contributed by atoms with E-state index in [0.29, 0.717) is 11.4 Å². The van der Waals surface area contributed by atoms with Crippen molar-refractivity contribution in [2.45, 2.75) is 39.7 Å². The molecule has 0 aliphatic carbocycles. The normalized spacial score (nSPS) is 13.5. The molecule has 0 saturated heterocycles. The highest BCUT2D eigenvalue weighted by Gasteiger charge is 2.33. The topological polar surface area (TPSA) is 111 Å². The number of hydrogen-bond donors (Lipinski definition) is 2. The highest BCUT2D eigenvalue weighted by molar-refractivity contribution is 7.90. The fourth-order valence-corrected chi connectivity index (χ4v) is 2.69. The van der Waals surface area contributed by atoms with E-state index in [1.165, 1.54) is 0 Å². The number of hydrogen-bond acceptors (Lipinski definition) is 6. The predicted molar refractivity (Wildman–Crippen MR) is 108 cm³/mol. The van der Waals surface area contributed by atoms with Crippen molar-refractivity contribution in [1.29, 1.82) is 0 Å². The van der Waals surface area contributed by atoms with Crippen LogP contribution in [0, 0.1) is 5.92 Å². The maximum atomic E-state index is 12.4. The zero-order valence-electron chi connectivity index (χ0n) is 17.1. The van der Waals surface area contributed by atoms with Crippen molar-refractivity contribution in [3.63, 3.8) is 0 Å². The molecule has 0 saturated carbocycles.